The second-order valence-corrected chi connectivity index (χ2v) is 5.95. The van der Waals surface area contributed by atoms with Crippen LogP contribution in [0.2, 0.25) is 0 Å². The van der Waals surface area contributed by atoms with Gasteiger partial charge in [0, 0.05) is 21.7 Å². The van der Waals surface area contributed by atoms with Gasteiger partial charge in [-0.25, -0.2) is 5.43 Å². The average Bonchev–Trinajstić information content (AvgIpc) is 2.61. The summed E-state index contributed by atoms with van der Waals surface area (Å²) < 4.78 is 6.22. The third kappa shape index (κ3) is 5.68. The van der Waals surface area contributed by atoms with Crippen molar-refractivity contribution in [2.45, 2.75) is 13.3 Å². The van der Waals surface area contributed by atoms with E-state index in [2.05, 4.69) is 26.5 Å². The molecule has 0 spiro atoms. The van der Waals surface area contributed by atoms with Crippen molar-refractivity contribution in [2.75, 3.05) is 6.61 Å². The average molecular weight is 406 g/mol. The van der Waals surface area contributed by atoms with Crippen LogP contribution in [-0.4, -0.2) is 23.7 Å². The Kier molecular flexibility index (Phi) is 6.64. The second-order valence-electron chi connectivity index (χ2n) is 5.03. The van der Waals surface area contributed by atoms with Crippen molar-refractivity contribution < 1.29 is 14.5 Å². The van der Waals surface area contributed by atoms with Crippen LogP contribution in [0.1, 0.15) is 18.1 Å². The fourth-order valence-corrected chi connectivity index (χ4v) is 2.29. The van der Waals surface area contributed by atoms with Gasteiger partial charge in [0.05, 0.1) is 11.1 Å². The molecule has 0 heterocycles. The minimum atomic E-state index is -0.432. The number of benzene rings is 2. The lowest BCUT2D eigenvalue weighted by Gasteiger charge is -2.05. The molecule has 0 fully saturated rings. The molecule has 0 bridgehead atoms. The first-order valence-electron chi connectivity index (χ1n) is 7.47. The van der Waals surface area contributed by atoms with E-state index in [1.54, 1.807) is 36.4 Å². The number of nitro groups is 1. The maximum atomic E-state index is 11.7. The molecule has 130 valence electrons. The number of nitrogens with zero attached hydrogens (tertiary/aromatic N) is 2. The van der Waals surface area contributed by atoms with Gasteiger partial charge in [-0.05, 0) is 30.7 Å². The van der Waals surface area contributed by atoms with Gasteiger partial charge in [0.25, 0.3) is 11.6 Å². The fourth-order valence-electron chi connectivity index (χ4n) is 2.02. The van der Waals surface area contributed by atoms with E-state index in [1.807, 2.05) is 6.92 Å². The van der Waals surface area contributed by atoms with Gasteiger partial charge in [0.2, 0.25) is 0 Å². The number of hydrazone groups is 1. The van der Waals surface area contributed by atoms with Gasteiger partial charge < -0.3 is 4.74 Å². The van der Waals surface area contributed by atoms with Gasteiger partial charge in [0.15, 0.2) is 6.61 Å². The molecule has 8 heteroatoms. The van der Waals surface area contributed by atoms with Crippen molar-refractivity contribution in [1.82, 2.24) is 5.43 Å². The molecule has 0 aliphatic rings. The standard InChI is InChI=1S/C17H16BrN3O4/c1-2-13-4-3-12(9-16(13)21(23)24)10-19-20-17(22)11-25-15-7-5-14(18)6-8-15/h3-10H,2,11H2,1H3,(H,20,22)/b19-10-. The lowest BCUT2D eigenvalue weighted by Crippen LogP contribution is -2.24. The second kappa shape index (κ2) is 8.93. The molecule has 2 aromatic carbocycles. The molecule has 25 heavy (non-hydrogen) atoms. The summed E-state index contributed by atoms with van der Waals surface area (Å²) in [7, 11) is 0. The van der Waals surface area contributed by atoms with Crippen LogP contribution in [0.4, 0.5) is 5.69 Å². The zero-order valence-corrected chi connectivity index (χ0v) is 15.0. The molecule has 1 N–H and O–H groups in total. The van der Waals surface area contributed by atoms with Crippen LogP contribution in [-0.2, 0) is 11.2 Å². The van der Waals surface area contributed by atoms with Gasteiger partial charge in [-0.2, -0.15) is 5.10 Å². The van der Waals surface area contributed by atoms with Crippen molar-refractivity contribution in [3.05, 3.63) is 68.2 Å². The summed E-state index contributed by atoms with van der Waals surface area (Å²) >= 11 is 3.31. The molecular weight excluding hydrogens is 390 g/mol. The first-order valence-corrected chi connectivity index (χ1v) is 8.26. The fraction of sp³-hybridized carbons (Fsp3) is 0.176. The molecule has 0 aliphatic carbocycles. The highest BCUT2D eigenvalue weighted by Gasteiger charge is 2.12. The lowest BCUT2D eigenvalue weighted by atomic mass is 10.1. The number of rotatable bonds is 7. The van der Waals surface area contributed by atoms with Gasteiger partial charge in [-0.1, -0.05) is 35.0 Å². The largest absolute Gasteiger partial charge is 0.484 e. The Morgan fingerprint density at radius 3 is 2.68 bits per heavy atom. The molecule has 0 unspecified atom stereocenters. The highest BCUT2D eigenvalue weighted by atomic mass is 79.9. The Balaban J connectivity index is 1.89. The minimum Gasteiger partial charge on any atom is -0.484 e. The number of carbonyl (C=O) groups excluding carboxylic acids is 1. The Bertz CT molecular complexity index is 791. The first-order chi connectivity index (χ1) is 12.0. The van der Waals surface area contributed by atoms with Gasteiger partial charge in [-0.3, -0.25) is 14.9 Å². The maximum absolute atomic E-state index is 11.7. The Labute approximate surface area is 153 Å². The summed E-state index contributed by atoms with van der Waals surface area (Å²) in [6, 6.07) is 11.9. The van der Waals surface area contributed by atoms with Crippen molar-refractivity contribution in [2.24, 2.45) is 5.10 Å². The third-order valence-electron chi connectivity index (χ3n) is 3.27. The molecule has 0 aliphatic heterocycles. The number of hydrogen-bond donors (Lipinski definition) is 1. The summed E-state index contributed by atoms with van der Waals surface area (Å²) in [4.78, 5) is 22.3. The molecule has 0 atom stereocenters. The first kappa shape index (κ1) is 18.6. The highest BCUT2D eigenvalue weighted by molar-refractivity contribution is 9.10. The quantitative estimate of drug-likeness (QED) is 0.433. The van der Waals surface area contributed by atoms with E-state index in [-0.39, 0.29) is 12.3 Å². The molecule has 0 saturated carbocycles. The summed E-state index contributed by atoms with van der Waals surface area (Å²) in [6.45, 7) is 1.66. The van der Waals surface area contributed by atoms with Crippen molar-refractivity contribution in [1.29, 1.82) is 0 Å². The van der Waals surface area contributed by atoms with E-state index < -0.39 is 10.8 Å². The Hall–Kier alpha value is -2.74. The normalized spacial score (nSPS) is 10.6. The number of aryl methyl sites for hydroxylation is 1. The van der Waals surface area contributed by atoms with E-state index in [0.717, 1.165) is 4.47 Å². The summed E-state index contributed by atoms with van der Waals surface area (Å²) in [5.41, 5.74) is 3.53. The van der Waals surface area contributed by atoms with E-state index in [0.29, 0.717) is 23.3 Å². The highest BCUT2D eigenvalue weighted by Crippen LogP contribution is 2.20. The van der Waals surface area contributed by atoms with Crippen LogP contribution in [0.3, 0.4) is 0 Å². The van der Waals surface area contributed by atoms with Gasteiger partial charge in [0.1, 0.15) is 5.75 Å². The van der Waals surface area contributed by atoms with E-state index in [1.165, 1.54) is 12.3 Å². The minimum absolute atomic E-state index is 0.0383. The van der Waals surface area contributed by atoms with Crippen molar-refractivity contribution in [3.8, 4) is 5.75 Å². The van der Waals surface area contributed by atoms with Gasteiger partial charge >= 0.3 is 0 Å². The molecular formula is C17H16BrN3O4. The third-order valence-corrected chi connectivity index (χ3v) is 3.80. The van der Waals surface area contributed by atoms with Gasteiger partial charge in [-0.15, -0.1) is 0 Å². The maximum Gasteiger partial charge on any atom is 0.277 e. The zero-order valence-electron chi connectivity index (χ0n) is 13.4. The van der Waals surface area contributed by atoms with E-state index in [9.17, 15) is 14.9 Å². The van der Waals surface area contributed by atoms with Crippen molar-refractivity contribution in [3.63, 3.8) is 0 Å². The molecule has 0 radical (unpaired) electrons. The summed E-state index contributed by atoms with van der Waals surface area (Å²) in [6.07, 6.45) is 1.92. The number of ether oxygens (including phenoxy) is 1. The number of amides is 1. The van der Waals surface area contributed by atoms with Crippen LogP contribution in [0.5, 0.6) is 5.75 Å². The Morgan fingerprint density at radius 1 is 1.32 bits per heavy atom. The summed E-state index contributed by atoms with van der Waals surface area (Å²) in [5.74, 6) is 0.131. The van der Waals surface area contributed by atoms with E-state index >= 15 is 0 Å². The molecule has 2 aromatic rings. The molecule has 0 saturated heterocycles. The Morgan fingerprint density at radius 2 is 2.04 bits per heavy atom. The molecule has 2 rings (SSSR count). The number of halogens is 1. The smallest absolute Gasteiger partial charge is 0.277 e. The predicted molar refractivity (Wildman–Crippen MR) is 97.8 cm³/mol. The van der Waals surface area contributed by atoms with Crippen LogP contribution in [0, 0.1) is 10.1 Å². The SMILES string of the molecule is CCc1ccc(/C=N\NC(=O)COc2ccc(Br)cc2)cc1[N+](=O)[O-]. The molecule has 0 aromatic heterocycles. The van der Waals surface area contributed by atoms with Crippen LogP contribution >= 0.6 is 15.9 Å². The molecule has 7 nitrogen and oxygen atoms in total. The zero-order chi connectivity index (χ0) is 18.2. The monoisotopic (exact) mass is 405 g/mol. The van der Waals surface area contributed by atoms with Crippen molar-refractivity contribution >= 4 is 33.7 Å². The van der Waals surface area contributed by atoms with Crippen LogP contribution in [0.25, 0.3) is 0 Å². The lowest BCUT2D eigenvalue weighted by molar-refractivity contribution is -0.385. The molecule has 1 amide bonds. The predicted octanol–water partition coefficient (Wildman–Crippen LogP) is 3.45. The van der Waals surface area contributed by atoms with Crippen LogP contribution < -0.4 is 10.2 Å². The number of nitro benzene ring substituents is 1. The van der Waals surface area contributed by atoms with E-state index in [4.69, 9.17) is 4.74 Å². The number of hydrogen-bond acceptors (Lipinski definition) is 5. The number of nitrogens with one attached hydrogen (secondary N) is 1. The summed E-state index contributed by atoms with van der Waals surface area (Å²) in [5, 5.41) is 14.8. The van der Waals surface area contributed by atoms with Crippen LogP contribution in [0.15, 0.2) is 52.0 Å². The topological polar surface area (TPSA) is 93.8 Å². The number of carbonyl (C=O) groups is 1.